The number of rotatable bonds is 10. The largest absolute Gasteiger partial charge is 0.366 e. The van der Waals surface area contributed by atoms with Gasteiger partial charge in [0.2, 0.25) is 0 Å². The molecule has 7 heteroatoms. The molecule has 0 spiro atoms. The number of alkyl halides is 1. The van der Waals surface area contributed by atoms with Gasteiger partial charge in [0.15, 0.2) is 25.0 Å². The van der Waals surface area contributed by atoms with Crippen molar-refractivity contribution in [2.24, 2.45) is 17.3 Å². The summed E-state index contributed by atoms with van der Waals surface area (Å²) in [6, 6.07) is 0. The molecule has 0 radical (unpaired) electrons. The molecule has 1 aliphatic carbocycles. The summed E-state index contributed by atoms with van der Waals surface area (Å²) in [6.07, 6.45) is 10.2. The molecule has 6 nitrogen and oxygen atoms in total. The topological polar surface area (TPSA) is 66.4 Å². The number of halogens is 1. The summed E-state index contributed by atoms with van der Waals surface area (Å²) < 4.78 is 45.2. The smallest absolute Gasteiger partial charge is 0.186 e. The zero-order chi connectivity index (χ0) is 24.1. The molecule has 3 aliphatic heterocycles. The minimum Gasteiger partial charge on any atom is -0.366 e. The lowest BCUT2D eigenvalue weighted by atomic mass is 9.80. The predicted molar refractivity (Wildman–Crippen MR) is 127 cm³/mol. The average Bonchev–Trinajstić information content (AvgIpc) is 3.30. The first-order valence-corrected chi connectivity index (χ1v) is 13.6. The van der Waals surface area contributed by atoms with Crippen molar-refractivity contribution in [3.05, 3.63) is 12.2 Å². The maximum absolute atomic E-state index is 15.0. The van der Waals surface area contributed by atoms with Gasteiger partial charge >= 0.3 is 0 Å². The summed E-state index contributed by atoms with van der Waals surface area (Å²) in [6.45, 7) is 8.12. The van der Waals surface area contributed by atoms with E-state index < -0.39 is 18.4 Å². The van der Waals surface area contributed by atoms with Crippen LogP contribution in [0.5, 0.6) is 0 Å². The first kappa shape index (κ1) is 26.5. The highest BCUT2D eigenvalue weighted by Gasteiger charge is 2.55. The summed E-state index contributed by atoms with van der Waals surface area (Å²) in [7, 11) is 0. The number of hydrogen-bond acceptors (Lipinski definition) is 6. The Morgan fingerprint density at radius 3 is 2.44 bits per heavy atom. The van der Waals surface area contributed by atoms with E-state index >= 15 is 4.39 Å². The van der Waals surface area contributed by atoms with Crippen LogP contribution in [0.4, 0.5) is 4.39 Å². The summed E-state index contributed by atoms with van der Waals surface area (Å²) in [5, 5.41) is 10.0. The van der Waals surface area contributed by atoms with Crippen LogP contribution in [-0.2, 0) is 23.7 Å². The van der Waals surface area contributed by atoms with Gasteiger partial charge < -0.3 is 28.8 Å². The molecule has 4 aliphatic rings. The van der Waals surface area contributed by atoms with Crippen molar-refractivity contribution in [1.29, 1.82) is 0 Å². The fourth-order valence-electron chi connectivity index (χ4n) is 5.93. The standard InChI is InChI=1S/C27H45FO6/c1-4-5-14-27(2,3)21(34-23-11-7-9-16-31-23)13-12-18-19(32-22-10-6-8-15-30-22)17-20-24(18)25(28)26(29)33-20/h12-13,18-26,29H,4-11,14-17H2,1-3H3/b13-12+/t18-,19+,20-,21?,22?,23?,24+,25-,26?/m0/s1. The van der Waals surface area contributed by atoms with Gasteiger partial charge in [0, 0.05) is 31.5 Å². The normalized spacial score (nSPS) is 40.0. The highest BCUT2D eigenvalue weighted by molar-refractivity contribution is 5.11. The van der Waals surface area contributed by atoms with Crippen LogP contribution in [0.25, 0.3) is 0 Å². The molecule has 4 unspecified atom stereocenters. The van der Waals surface area contributed by atoms with Crippen molar-refractivity contribution < 1.29 is 33.2 Å². The van der Waals surface area contributed by atoms with Crippen LogP contribution < -0.4 is 0 Å². The van der Waals surface area contributed by atoms with Gasteiger partial charge in [-0.3, -0.25) is 0 Å². The van der Waals surface area contributed by atoms with E-state index in [1.165, 1.54) is 0 Å². The van der Waals surface area contributed by atoms with Crippen molar-refractivity contribution >= 4 is 0 Å². The third kappa shape index (κ3) is 6.40. The van der Waals surface area contributed by atoms with E-state index in [0.29, 0.717) is 13.0 Å². The van der Waals surface area contributed by atoms with Gasteiger partial charge in [-0.2, -0.15) is 0 Å². The second-order valence-corrected chi connectivity index (χ2v) is 11.2. The Balaban J connectivity index is 1.52. The first-order valence-electron chi connectivity index (χ1n) is 13.6. The lowest BCUT2D eigenvalue weighted by molar-refractivity contribution is -0.200. The summed E-state index contributed by atoms with van der Waals surface area (Å²) in [5.74, 6) is -0.631. The van der Waals surface area contributed by atoms with Crippen LogP contribution in [-0.4, -0.2) is 61.7 Å². The van der Waals surface area contributed by atoms with Crippen molar-refractivity contribution in [1.82, 2.24) is 0 Å². The zero-order valence-electron chi connectivity index (χ0n) is 21.2. The summed E-state index contributed by atoms with van der Waals surface area (Å²) in [4.78, 5) is 0. The molecule has 0 bridgehead atoms. The monoisotopic (exact) mass is 484 g/mol. The average molecular weight is 485 g/mol. The minimum atomic E-state index is -1.42. The van der Waals surface area contributed by atoms with E-state index in [2.05, 4.69) is 32.9 Å². The van der Waals surface area contributed by atoms with Gasteiger partial charge in [-0.25, -0.2) is 4.39 Å². The second-order valence-electron chi connectivity index (χ2n) is 11.2. The highest BCUT2D eigenvalue weighted by atomic mass is 19.1. The van der Waals surface area contributed by atoms with Gasteiger partial charge in [-0.15, -0.1) is 0 Å². The molecule has 196 valence electrons. The summed E-state index contributed by atoms with van der Waals surface area (Å²) in [5.41, 5.74) is -0.0883. The molecule has 3 saturated heterocycles. The Labute approximate surface area is 204 Å². The van der Waals surface area contributed by atoms with Gasteiger partial charge in [0.05, 0.1) is 18.3 Å². The number of hydrogen-bond donors (Lipinski definition) is 1. The fraction of sp³-hybridized carbons (Fsp3) is 0.926. The molecule has 0 amide bonds. The van der Waals surface area contributed by atoms with E-state index in [0.717, 1.165) is 64.4 Å². The molecular formula is C27H45FO6. The van der Waals surface area contributed by atoms with Crippen LogP contribution in [0.2, 0.25) is 0 Å². The van der Waals surface area contributed by atoms with E-state index in [1.807, 2.05) is 0 Å². The molecule has 1 saturated carbocycles. The SMILES string of the molecule is CCCCC(C)(C)C(/C=C/[C@@H]1[C@@H]2[C@H](C[C@H]1OC1CCCCO1)OC(O)[C@H]2F)OC1CCCCO1. The zero-order valence-corrected chi connectivity index (χ0v) is 21.2. The summed E-state index contributed by atoms with van der Waals surface area (Å²) >= 11 is 0. The Hall–Kier alpha value is -0.570. The fourth-order valence-corrected chi connectivity index (χ4v) is 5.93. The molecule has 0 aromatic rings. The highest BCUT2D eigenvalue weighted by Crippen LogP contribution is 2.47. The molecule has 34 heavy (non-hydrogen) atoms. The molecule has 9 atom stereocenters. The van der Waals surface area contributed by atoms with Crippen LogP contribution in [0.3, 0.4) is 0 Å². The lowest BCUT2D eigenvalue weighted by Crippen LogP contribution is -2.37. The predicted octanol–water partition coefficient (Wildman–Crippen LogP) is 5.27. The van der Waals surface area contributed by atoms with Gasteiger partial charge in [-0.1, -0.05) is 45.8 Å². The van der Waals surface area contributed by atoms with Crippen molar-refractivity contribution in [2.75, 3.05) is 13.2 Å². The molecule has 0 aromatic heterocycles. The van der Waals surface area contributed by atoms with E-state index in [9.17, 15) is 5.11 Å². The Kier molecular flexibility index (Phi) is 9.44. The van der Waals surface area contributed by atoms with Crippen LogP contribution >= 0.6 is 0 Å². The van der Waals surface area contributed by atoms with E-state index in [4.69, 9.17) is 23.7 Å². The Morgan fingerprint density at radius 2 is 1.79 bits per heavy atom. The van der Waals surface area contributed by atoms with Crippen LogP contribution in [0, 0.1) is 17.3 Å². The molecule has 4 fully saturated rings. The second kappa shape index (κ2) is 12.1. The number of aliphatic hydroxyl groups excluding tert-OH is 1. The Bertz CT molecular complexity index is 645. The van der Waals surface area contributed by atoms with E-state index in [1.54, 1.807) is 0 Å². The molecular weight excluding hydrogens is 439 g/mol. The Morgan fingerprint density at radius 1 is 1.09 bits per heavy atom. The molecule has 0 aromatic carbocycles. The first-order chi connectivity index (χ1) is 16.4. The minimum absolute atomic E-state index is 0.0883. The number of aliphatic hydroxyl groups is 1. The number of ether oxygens (including phenoxy) is 5. The van der Waals surface area contributed by atoms with Crippen LogP contribution in [0.15, 0.2) is 12.2 Å². The molecule has 4 rings (SSSR count). The number of unbranched alkanes of at least 4 members (excludes halogenated alkanes) is 1. The van der Waals surface area contributed by atoms with Gasteiger partial charge in [0.1, 0.15) is 0 Å². The third-order valence-corrected chi connectivity index (χ3v) is 8.08. The maximum Gasteiger partial charge on any atom is 0.186 e. The van der Waals surface area contributed by atoms with Crippen molar-refractivity contribution in [3.8, 4) is 0 Å². The molecule has 1 N–H and O–H groups in total. The third-order valence-electron chi connectivity index (χ3n) is 8.08. The number of fused-ring (bicyclic) bond motifs is 1. The van der Waals surface area contributed by atoms with Crippen molar-refractivity contribution in [2.45, 2.75) is 128 Å². The maximum atomic E-state index is 15.0. The lowest BCUT2D eigenvalue weighted by Gasteiger charge is -2.36. The van der Waals surface area contributed by atoms with E-state index in [-0.39, 0.29) is 42.2 Å². The quantitative estimate of drug-likeness (QED) is 0.426. The van der Waals surface area contributed by atoms with Gasteiger partial charge in [-0.05, 0) is 50.4 Å². The van der Waals surface area contributed by atoms with Gasteiger partial charge in [0.25, 0.3) is 0 Å². The molecule has 3 heterocycles. The van der Waals surface area contributed by atoms with Crippen LogP contribution in [0.1, 0.15) is 85.0 Å². The van der Waals surface area contributed by atoms with Crippen molar-refractivity contribution in [3.63, 3.8) is 0 Å².